The number of benzene rings is 1. The average molecular weight is 827 g/mol. The molecule has 2 fully saturated rings. The van der Waals surface area contributed by atoms with Gasteiger partial charge in [-0.1, -0.05) is 38.5 Å². The molecular formula is C41H62N8O6S2. The van der Waals surface area contributed by atoms with Crippen molar-refractivity contribution in [1.29, 1.82) is 0 Å². The first-order valence-electron chi connectivity index (χ1n) is 21.0. The molecule has 1 aromatic rings. The number of nitrogens with zero attached hydrogens (tertiary/aromatic N) is 2. The lowest BCUT2D eigenvalue weighted by molar-refractivity contribution is -0.120. The van der Waals surface area contributed by atoms with Crippen molar-refractivity contribution in [3.8, 4) is 0 Å². The predicted molar refractivity (Wildman–Crippen MR) is 230 cm³/mol. The number of anilines is 2. The van der Waals surface area contributed by atoms with Crippen molar-refractivity contribution in [1.82, 2.24) is 10.6 Å². The molecule has 6 atom stereocenters. The number of rotatable bonds is 27. The summed E-state index contributed by atoms with van der Waals surface area (Å²) in [5, 5.41) is 22.6. The lowest BCUT2D eigenvalue weighted by Crippen LogP contribution is -2.38. The summed E-state index contributed by atoms with van der Waals surface area (Å²) >= 11 is 3.89. The normalized spacial score (nSPS) is 23.2. The molecule has 0 spiro atoms. The highest BCUT2D eigenvalue weighted by Crippen LogP contribution is 2.36. The van der Waals surface area contributed by atoms with Crippen LogP contribution >= 0.6 is 23.5 Å². The van der Waals surface area contributed by atoms with Crippen LogP contribution in [0, 0.1) is 0 Å². The number of hydrogen-bond acceptors (Lipinski definition) is 13. The Labute approximate surface area is 345 Å². The van der Waals surface area contributed by atoms with E-state index in [1.165, 1.54) is 12.1 Å². The molecule has 57 heavy (non-hydrogen) atoms. The fourth-order valence-electron chi connectivity index (χ4n) is 8.10. The van der Waals surface area contributed by atoms with Crippen LogP contribution in [0.4, 0.5) is 11.4 Å². The smallest absolute Gasteiger partial charge is 0.335 e. The summed E-state index contributed by atoms with van der Waals surface area (Å²) in [5.41, 5.74) is 12.2. The first-order valence-corrected chi connectivity index (χ1v) is 23.1. The molecule has 2 saturated heterocycles. The summed E-state index contributed by atoms with van der Waals surface area (Å²) in [6.45, 7) is 0. The number of aliphatic imine (C=N–C) groups is 2. The summed E-state index contributed by atoms with van der Waals surface area (Å²) in [6, 6.07) is 5.56. The Morgan fingerprint density at radius 1 is 0.596 bits per heavy atom. The molecule has 0 saturated carbocycles. The summed E-state index contributed by atoms with van der Waals surface area (Å²) in [6.07, 6.45) is 15.1. The molecule has 0 aliphatic carbocycles. The van der Waals surface area contributed by atoms with Crippen LogP contribution in [0.1, 0.15) is 139 Å². The van der Waals surface area contributed by atoms with Crippen LogP contribution in [0.15, 0.2) is 28.2 Å². The van der Waals surface area contributed by atoms with E-state index in [9.17, 15) is 29.1 Å². The second kappa shape index (κ2) is 23.0. The van der Waals surface area contributed by atoms with E-state index in [1.807, 2.05) is 23.5 Å². The van der Waals surface area contributed by atoms with Gasteiger partial charge in [-0.3, -0.25) is 19.2 Å². The third-order valence-corrected chi connectivity index (χ3v) is 14.2. The van der Waals surface area contributed by atoms with E-state index in [0.717, 1.165) is 88.6 Å². The molecule has 0 unspecified atom stereocenters. The van der Waals surface area contributed by atoms with E-state index >= 15 is 0 Å². The topological polar surface area (TPSA) is 230 Å². The van der Waals surface area contributed by atoms with Gasteiger partial charge in [0, 0.05) is 71.9 Å². The fraction of sp³-hybridized carbons (Fsp3) is 0.683. The minimum atomic E-state index is -1.16. The van der Waals surface area contributed by atoms with Crippen LogP contribution < -0.4 is 32.7 Å². The van der Waals surface area contributed by atoms with E-state index in [-0.39, 0.29) is 53.9 Å². The molecule has 4 aliphatic heterocycles. The third-order valence-electron chi connectivity index (χ3n) is 11.2. The van der Waals surface area contributed by atoms with E-state index < -0.39 is 5.97 Å². The number of ketones is 2. The van der Waals surface area contributed by atoms with Crippen LogP contribution in [-0.2, 0) is 19.2 Å². The van der Waals surface area contributed by atoms with E-state index in [4.69, 9.17) is 11.5 Å². The lowest BCUT2D eigenvalue weighted by Gasteiger charge is -2.14. The zero-order valence-electron chi connectivity index (χ0n) is 33.1. The monoisotopic (exact) mass is 826 g/mol. The Morgan fingerprint density at radius 2 is 0.982 bits per heavy atom. The second-order valence-corrected chi connectivity index (χ2v) is 18.4. The van der Waals surface area contributed by atoms with Gasteiger partial charge in [-0.15, -0.1) is 0 Å². The number of nitrogens with two attached hydrogens (primary N) is 2. The molecule has 5 rings (SSSR count). The van der Waals surface area contributed by atoms with Gasteiger partial charge in [0.05, 0.1) is 29.7 Å². The van der Waals surface area contributed by atoms with E-state index in [1.54, 1.807) is 6.07 Å². The molecule has 2 amide bonds. The number of aromatic carboxylic acids is 1. The number of thioether (sulfide) groups is 2. The molecule has 4 aliphatic rings. The quantitative estimate of drug-likeness (QED) is 0.0527. The highest BCUT2D eigenvalue weighted by atomic mass is 32.2. The first-order chi connectivity index (χ1) is 27.5. The largest absolute Gasteiger partial charge is 0.478 e. The molecule has 0 radical (unpaired) electrons. The molecule has 0 bridgehead atoms. The minimum absolute atomic E-state index is 0.0366. The van der Waals surface area contributed by atoms with Gasteiger partial charge in [0.2, 0.25) is 11.8 Å². The van der Waals surface area contributed by atoms with Gasteiger partial charge in [-0.2, -0.15) is 23.5 Å². The number of unbranched alkanes of at least 4 members (excludes halogenated alkanes) is 8. The zero-order valence-corrected chi connectivity index (χ0v) is 34.7. The number of carbonyl (C=O) groups excluding carboxylic acids is 4. The zero-order chi connectivity index (χ0) is 40.6. The number of nitrogens with one attached hydrogen (secondary N) is 4. The Morgan fingerprint density at radius 3 is 1.39 bits per heavy atom. The van der Waals surface area contributed by atoms with Gasteiger partial charge < -0.3 is 37.8 Å². The summed E-state index contributed by atoms with van der Waals surface area (Å²) in [7, 11) is 0. The van der Waals surface area contributed by atoms with Crippen molar-refractivity contribution in [3.63, 3.8) is 0 Å². The molecule has 0 aromatic heterocycles. The van der Waals surface area contributed by atoms with Crippen LogP contribution in [0.2, 0.25) is 0 Å². The van der Waals surface area contributed by atoms with Crippen molar-refractivity contribution >= 4 is 76.2 Å². The maximum absolute atomic E-state index is 12.7. The van der Waals surface area contributed by atoms with Crippen LogP contribution in [0.5, 0.6) is 0 Å². The van der Waals surface area contributed by atoms with Crippen molar-refractivity contribution in [2.45, 2.75) is 163 Å². The van der Waals surface area contributed by atoms with Crippen molar-refractivity contribution < 1.29 is 29.1 Å². The standard InChI is InChI=1S/C41H62N8O6S2/c42-40-46-31-24-56-33(37(31)48-40)17-11-9-15-29(50)13-5-1-3-7-19-35(52)44-27-21-26(39(54)55)22-28(23-27)45-36(53)20-8-4-2-6-14-30(51)16-10-12-18-34-38-32(25-57-34)47-41(43)49-38/h21-23,31-34,37-38H,1-20,24-25H2,(H,44,52)(H,45,53)(H,54,55)(H3,42,46,48)(H3,43,47,49)/t31-,32-,33-,34-,37-,38-/m0/s1. The second-order valence-electron chi connectivity index (χ2n) is 15.9. The number of carbonyl (C=O) groups is 5. The molecule has 4 heterocycles. The van der Waals surface area contributed by atoms with Crippen LogP contribution in [0.25, 0.3) is 0 Å². The number of carboxylic acid groups (broad SMARTS) is 1. The average Bonchev–Trinajstić information content (AvgIpc) is 3.93. The number of guanidine groups is 2. The highest BCUT2D eigenvalue weighted by molar-refractivity contribution is 8.00. The van der Waals surface area contributed by atoms with Gasteiger partial charge in [0.15, 0.2) is 11.9 Å². The Hall–Kier alpha value is -3.79. The maximum Gasteiger partial charge on any atom is 0.335 e. The SMILES string of the molecule is NC1=N[C@H]2[C@H](CS[C@H]2CCCCC(=O)CCCCCCC(=O)Nc2cc(NC(=O)CCCCCCC(=O)CCCC[C@@H]3SC[C@@H]4NC(N)=N[C@@H]43)cc(C(=O)O)c2)N1. The minimum Gasteiger partial charge on any atom is -0.478 e. The summed E-state index contributed by atoms with van der Waals surface area (Å²) in [4.78, 5) is 70.9. The highest BCUT2D eigenvalue weighted by Gasteiger charge is 2.41. The molecule has 14 nitrogen and oxygen atoms in total. The summed E-state index contributed by atoms with van der Waals surface area (Å²) < 4.78 is 0. The first kappa shape index (κ1) is 44.3. The van der Waals surface area contributed by atoms with Crippen molar-refractivity contribution in [3.05, 3.63) is 23.8 Å². The fourth-order valence-corrected chi connectivity index (χ4v) is 11.1. The summed E-state index contributed by atoms with van der Waals surface area (Å²) in [5.74, 6) is 2.11. The van der Waals surface area contributed by atoms with E-state index in [2.05, 4.69) is 31.3 Å². The Kier molecular flexibility index (Phi) is 17.9. The molecular weight excluding hydrogens is 765 g/mol. The number of Topliss-reactive ketones (excluding diaryl/α,β-unsaturated/α-hetero) is 2. The van der Waals surface area contributed by atoms with Crippen molar-refractivity contribution in [2.75, 3.05) is 22.1 Å². The Balaban J connectivity index is 0.867. The lowest BCUT2D eigenvalue weighted by atomic mass is 10.0. The van der Waals surface area contributed by atoms with Gasteiger partial charge in [-0.25, -0.2) is 14.8 Å². The van der Waals surface area contributed by atoms with Gasteiger partial charge in [0.25, 0.3) is 0 Å². The molecule has 1 aromatic carbocycles. The number of hydrogen-bond donors (Lipinski definition) is 7. The number of fused-ring (bicyclic) bond motifs is 2. The van der Waals surface area contributed by atoms with Gasteiger partial charge in [-0.05, 0) is 69.6 Å². The predicted octanol–water partition coefficient (Wildman–Crippen LogP) is 5.74. The maximum atomic E-state index is 12.7. The third kappa shape index (κ3) is 14.8. The van der Waals surface area contributed by atoms with Gasteiger partial charge in [0.1, 0.15) is 11.6 Å². The van der Waals surface area contributed by atoms with Gasteiger partial charge >= 0.3 is 5.97 Å². The number of amides is 2. The molecule has 16 heteroatoms. The Bertz CT molecular complexity index is 1520. The van der Waals surface area contributed by atoms with Crippen LogP contribution in [0.3, 0.4) is 0 Å². The number of carboxylic acids is 1. The molecule has 9 N–H and O–H groups in total. The van der Waals surface area contributed by atoms with Crippen LogP contribution in [-0.4, -0.2) is 92.5 Å². The van der Waals surface area contributed by atoms with Crippen molar-refractivity contribution in [2.24, 2.45) is 21.5 Å². The van der Waals surface area contributed by atoms with E-state index in [0.29, 0.717) is 84.4 Å². The molecule has 314 valence electrons.